The number of anilines is 1. The Morgan fingerprint density at radius 2 is 2.00 bits per heavy atom. The SMILES string of the molecule is CC12CCC(C(=O)N(C(Cc3ccccc3)C(=O)Nc3nccs3)C1=O)C2(C)C. The summed E-state index contributed by atoms with van der Waals surface area (Å²) in [6, 6.07) is 8.58. The van der Waals surface area contributed by atoms with Crippen molar-refractivity contribution in [3.05, 3.63) is 47.5 Å². The number of piperidine rings is 1. The molecule has 0 spiro atoms. The number of thiazole rings is 1. The second-order valence-corrected chi connectivity index (χ2v) is 9.59. The lowest BCUT2D eigenvalue weighted by molar-refractivity contribution is -0.172. The van der Waals surface area contributed by atoms with Crippen LogP contribution in [0.15, 0.2) is 41.9 Å². The van der Waals surface area contributed by atoms with E-state index in [9.17, 15) is 14.4 Å². The first kappa shape index (κ1) is 19.8. The van der Waals surface area contributed by atoms with Crippen molar-refractivity contribution < 1.29 is 14.4 Å². The number of nitrogens with one attached hydrogen (secondary N) is 1. The molecular weight excluding hydrogens is 386 g/mol. The van der Waals surface area contributed by atoms with Crippen LogP contribution in [0.2, 0.25) is 0 Å². The molecule has 2 heterocycles. The molecule has 29 heavy (non-hydrogen) atoms. The molecule has 3 amide bonds. The second-order valence-electron chi connectivity index (χ2n) is 8.69. The maximum absolute atomic E-state index is 13.6. The zero-order chi connectivity index (χ0) is 20.8. The van der Waals surface area contributed by atoms with Gasteiger partial charge in [0.2, 0.25) is 17.7 Å². The molecule has 6 nitrogen and oxygen atoms in total. The standard InChI is InChI=1S/C22H25N3O3S/c1-21(2)15-9-10-22(21,3)19(28)25(18(15)27)16(13-14-7-5-4-6-8-14)17(26)24-20-23-11-12-29-20/h4-8,11-12,15-16H,9-10,13H2,1-3H3,(H,23,24,26). The molecule has 1 aromatic carbocycles. The molecular formula is C22H25N3O3S. The highest BCUT2D eigenvalue weighted by Crippen LogP contribution is 2.60. The Bertz CT molecular complexity index is 941. The molecule has 1 aliphatic carbocycles. The Morgan fingerprint density at radius 1 is 1.28 bits per heavy atom. The summed E-state index contributed by atoms with van der Waals surface area (Å²) in [6.45, 7) is 5.94. The first-order valence-corrected chi connectivity index (χ1v) is 10.8. The number of hydrogen-bond donors (Lipinski definition) is 1. The summed E-state index contributed by atoms with van der Waals surface area (Å²) in [7, 11) is 0. The fourth-order valence-electron chi connectivity index (χ4n) is 4.76. The fourth-order valence-corrected chi connectivity index (χ4v) is 5.29. The number of imide groups is 1. The van der Waals surface area contributed by atoms with Crippen molar-refractivity contribution in [1.82, 2.24) is 9.88 Å². The molecule has 1 N–H and O–H groups in total. The predicted molar refractivity (Wildman–Crippen MR) is 111 cm³/mol. The lowest BCUT2D eigenvalue weighted by Gasteiger charge is -2.49. The Hall–Kier alpha value is -2.54. The van der Waals surface area contributed by atoms with Crippen molar-refractivity contribution >= 4 is 34.2 Å². The van der Waals surface area contributed by atoms with E-state index < -0.39 is 16.9 Å². The number of rotatable bonds is 5. The van der Waals surface area contributed by atoms with Gasteiger partial charge in [0.1, 0.15) is 6.04 Å². The third-order valence-corrected chi connectivity index (χ3v) is 7.69. The molecule has 7 heteroatoms. The van der Waals surface area contributed by atoms with Crippen molar-refractivity contribution in [1.29, 1.82) is 0 Å². The minimum atomic E-state index is -0.905. The van der Waals surface area contributed by atoms with Crippen molar-refractivity contribution in [2.45, 2.75) is 46.1 Å². The van der Waals surface area contributed by atoms with Crippen molar-refractivity contribution in [2.75, 3.05) is 5.32 Å². The van der Waals surface area contributed by atoms with Crippen LogP contribution in [0.1, 0.15) is 39.2 Å². The van der Waals surface area contributed by atoms with Crippen molar-refractivity contribution in [3.63, 3.8) is 0 Å². The fraction of sp³-hybridized carbons (Fsp3) is 0.455. The van der Waals surface area contributed by atoms with Gasteiger partial charge in [0, 0.05) is 23.9 Å². The minimum Gasteiger partial charge on any atom is -0.300 e. The summed E-state index contributed by atoms with van der Waals surface area (Å²) in [6.07, 6.45) is 3.22. The second kappa shape index (κ2) is 7.06. The first-order valence-electron chi connectivity index (χ1n) is 9.87. The highest BCUT2D eigenvalue weighted by Gasteiger charge is 2.65. The van der Waals surface area contributed by atoms with Gasteiger partial charge in [-0.1, -0.05) is 51.1 Å². The number of carbonyl (C=O) groups is 3. The topological polar surface area (TPSA) is 79.4 Å². The Balaban J connectivity index is 1.71. The van der Waals surface area contributed by atoms with Crippen molar-refractivity contribution in [2.24, 2.45) is 16.7 Å². The van der Waals surface area contributed by atoms with E-state index in [1.165, 1.54) is 16.2 Å². The van der Waals surface area contributed by atoms with Crippen LogP contribution in [0.25, 0.3) is 0 Å². The molecule has 1 saturated heterocycles. The van der Waals surface area contributed by atoms with Crippen LogP contribution in [0.4, 0.5) is 5.13 Å². The highest BCUT2D eigenvalue weighted by atomic mass is 32.1. The van der Waals surface area contributed by atoms with Gasteiger partial charge in [-0.25, -0.2) is 4.98 Å². The largest absolute Gasteiger partial charge is 0.300 e. The molecule has 4 rings (SSSR count). The van der Waals surface area contributed by atoms with E-state index in [1.54, 1.807) is 11.6 Å². The number of hydrogen-bond acceptors (Lipinski definition) is 5. The molecule has 2 aromatic rings. The lowest BCUT2D eigenvalue weighted by atomic mass is 9.62. The van der Waals surface area contributed by atoms with E-state index in [4.69, 9.17) is 0 Å². The van der Waals surface area contributed by atoms with Gasteiger partial charge in [-0.05, 0) is 23.8 Å². The van der Waals surface area contributed by atoms with E-state index in [0.29, 0.717) is 18.0 Å². The third kappa shape index (κ3) is 3.08. The van der Waals surface area contributed by atoms with Crippen LogP contribution < -0.4 is 5.32 Å². The molecule has 1 aromatic heterocycles. The van der Waals surface area contributed by atoms with Gasteiger partial charge in [-0.3, -0.25) is 19.3 Å². The van der Waals surface area contributed by atoms with Gasteiger partial charge < -0.3 is 5.32 Å². The summed E-state index contributed by atoms with van der Waals surface area (Å²) in [5, 5.41) is 5.01. The summed E-state index contributed by atoms with van der Waals surface area (Å²) < 4.78 is 0. The molecule has 2 bridgehead atoms. The van der Waals surface area contributed by atoms with E-state index in [2.05, 4.69) is 10.3 Å². The molecule has 2 aliphatic rings. The number of fused-ring (bicyclic) bond motifs is 2. The van der Waals surface area contributed by atoms with Gasteiger partial charge in [0.05, 0.1) is 5.41 Å². The van der Waals surface area contributed by atoms with E-state index in [-0.39, 0.29) is 30.1 Å². The Labute approximate surface area is 174 Å². The Morgan fingerprint density at radius 3 is 2.66 bits per heavy atom. The Kier molecular flexibility index (Phi) is 4.81. The van der Waals surface area contributed by atoms with Gasteiger partial charge in [-0.15, -0.1) is 11.3 Å². The summed E-state index contributed by atoms with van der Waals surface area (Å²) in [5.74, 6) is -1.11. The maximum Gasteiger partial charge on any atom is 0.249 e. The van der Waals surface area contributed by atoms with Crippen LogP contribution in [0.5, 0.6) is 0 Å². The van der Waals surface area contributed by atoms with Crippen molar-refractivity contribution in [3.8, 4) is 0 Å². The van der Waals surface area contributed by atoms with Crippen LogP contribution in [-0.4, -0.2) is 33.6 Å². The number of benzene rings is 1. The predicted octanol–water partition coefficient (Wildman–Crippen LogP) is 3.50. The monoisotopic (exact) mass is 411 g/mol. The first-order chi connectivity index (χ1) is 13.8. The van der Waals surface area contributed by atoms with Crippen LogP contribution >= 0.6 is 11.3 Å². The van der Waals surface area contributed by atoms with Crippen LogP contribution in [0.3, 0.4) is 0 Å². The van der Waals surface area contributed by atoms with E-state index in [1.807, 2.05) is 51.1 Å². The third-order valence-electron chi connectivity index (χ3n) is 7.00. The molecule has 152 valence electrons. The molecule has 2 fully saturated rings. The molecule has 3 unspecified atom stereocenters. The summed E-state index contributed by atoms with van der Waals surface area (Å²) >= 11 is 1.30. The number of nitrogens with zero attached hydrogens (tertiary/aromatic N) is 2. The molecule has 1 saturated carbocycles. The molecule has 3 atom stereocenters. The van der Waals surface area contributed by atoms with Gasteiger partial charge in [0.15, 0.2) is 5.13 Å². The summed E-state index contributed by atoms with van der Waals surface area (Å²) in [4.78, 5) is 45.6. The van der Waals surface area contributed by atoms with E-state index >= 15 is 0 Å². The number of carbonyl (C=O) groups excluding carboxylic acids is 3. The summed E-state index contributed by atoms with van der Waals surface area (Å²) in [5.41, 5.74) is -0.169. The lowest BCUT2D eigenvalue weighted by Crippen LogP contribution is -2.64. The molecule has 1 aliphatic heterocycles. The zero-order valence-electron chi connectivity index (χ0n) is 16.8. The number of amides is 3. The quantitative estimate of drug-likeness (QED) is 0.764. The number of likely N-dealkylation sites (tertiary alicyclic amines) is 1. The molecule has 0 radical (unpaired) electrons. The number of aromatic nitrogens is 1. The zero-order valence-corrected chi connectivity index (χ0v) is 17.7. The smallest absolute Gasteiger partial charge is 0.249 e. The van der Waals surface area contributed by atoms with Gasteiger partial charge in [-0.2, -0.15) is 0 Å². The van der Waals surface area contributed by atoms with Gasteiger partial charge >= 0.3 is 0 Å². The van der Waals surface area contributed by atoms with Gasteiger partial charge in [0.25, 0.3) is 0 Å². The minimum absolute atomic E-state index is 0.231. The van der Waals surface area contributed by atoms with Crippen LogP contribution in [-0.2, 0) is 20.8 Å². The van der Waals surface area contributed by atoms with E-state index in [0.717, 1.165) is 5.56 Å². The van der Waals surface area contributed by atoms with Crippen LogP contribution in [0, 0.1) is 16.7 Å². The highest BCUT2D eigenvalue weighted by molar-refractivity contribution is 7.13. The maximum atomic E-state index is 13.6. The average Bonchev–Trinajstić information content (AvgIpc) is 3.25. The average molecular weight is 412 g/mol. The normalized spacial score (nSPS) is 26.4.